The van der Waals surface area contributed by atoms with Gasteiger partial charge in [0.15, 0.2) is 0 Å². The van der Waals surface area contributed by atoms with Crippen LogP contribution in [0.5, 0.6) is 0 Å². The number of halogens is 1. The zero-order valence-corrected chi connectivity index (χ0v) is 12.5. The summed E-state index contributed by atoms with van der Waals surface area (Å²) < 4.78 is 1.14. The Kier molecular flexibility index (Phi) is 4.15. The maximum atomic E-state index is 4.23. The molecule has 1 unspecified atom stereocenters. The van der Waals surface area contributed by atoms with E-state index in [1.807, 2.05) is 25.5 Å². The quantitative estimate of drug-likeness (QED) is 0.933. The third-order valence-electron chi connectivity index (χ3n) is 3.21. The summed E-state index contributed by atoms with van der Waals surface area (Å²) in [5, 5.41) is 3.36. The predicted molar refractivity (Wildman–Crippen MR) is 78.8 cm³/mol. The largest absolute Gasteiger partial charge is 0.309 e. The average Bonchev–Trinajstić information content (AvgIpc) is 2.37. The second kappa shape index (κ2) is 5.63. The van der Waals surface area contributed by atoms with E-state index in [9.17, 15) is 0 Å². The molecule has 94 valence electrons. The number of benzene rings is 1. The highest BCUT2D eigenvalue weighted by Gasteiger charge is 2.14. The zero-order valence-electron chi connectivity index (χ0n) is 10.9. The van der Waals surface area contributed by atoms with Gasteiger partial charge >= 0.3 is 0 Å². The Balaban J connectivity index is 2.45. The minimum atomic E-state index is 0.176. The summed E-state index contributed by atoms with van der Waals surface area (Å²) in [4.78, 5) is 4.23. The molecule has 1 aromatic heterocycles. The van der Waals surface area contributed by atoms with E-state index >= 15 is 0 Å². The van der Waals surface area contributed by atoms with Crippen molar-refractivity contribution in [2.45, 2.75) is 19.9 Å². The van der Waals surface area contributed by atoms with Gasteiger partial charge < -0.3 is 5.32 Å². The first-order chi connectivity index (χ1) is 8.63. The Morgan fingerprint density at radius 1 is 1.17 bits per heavy atom. The monoisotopic (exact) mass is 304 g/mol. The zero-order chi connectivity index (χ0) is 13.1. The number of hydrogen-bond acceptors (Lipinski definition) is 2. The first-order valence-electron chi connectivity index (χ1n) is 5.97. The molecule has 0 aliphatic rings. The van der Waals surface area contributed by atoms with Gasteiger partial charge in [0.1, 0.15) is 0 Å². The number of aryl methyl sites for hydroxylation is 2. The molecule has 2 aromatic rings. The minimum Gasteiger partial charge on any atom is -0.309 e. The van der Waals surface area contributed by atoms with Crippen LogP contribution < -0.4 is 5.32 Å². The lowest BCUT2D eigenvalue weighted by atomic mass is 9.96. The number of rotatable bonds is 3. The van der Waals surface area contributed by atoms with Crippen LogP contribution in [0.1, 0.15) is 28.3 Å². The molecule has 1 N–H and O–H groups in total. The van der Waals surface area contributed by atoms with E-state index in [1.165, 1.54) is 22.3 Å². The van der Waals surface area contributed by atoms with E-state index in [0.717, 1.165) is 4.47 Å². The molecule has 3 heteroatoms. The van der Waals surface area contributed by atoms with Crippen LogP contribution in [-0.2, 0) is 0 Å². The maximum absolute atomic E-state index is 4.23. The summed E-state index contributed by atoms with van der Waals surface area (Å²) >= 11 is 3.59. The van der Waals surface area contributed by atoms with Crippen molar-refractivity contribution in [3.63, 3.8) is 0 Å². The van der Waals surface area contributed by atoms with Crippen molar-refractivity contribution in [1.29, 1.82) is 0 Å². The van der Waals surface area contributed by atoms with Gasteiger partial charge in [0.25, 0.3) is 0 Å². The molecule has 2 rings (SSSR count). The summed E-state index contributed by atoms with van der Waals surface area (Å²) in [5.74, 6) is 0. The molecular formula is C15H17BrN2. The first-order valence-corrected chi connectivity index (χ1v) is 6.76. The molecule has 2 nitrogen and oxygen atoms in total. The Morgan fingerprint density at radius 3 is 2.56 bits per heavy atom. The molecule has 0 aliphatic carbocycles. The minimum absolute atomic E-state index is 0.176. The van der Waals surface area contributed by atoms with Gasteiger partial charge in [-0.3, -0.25) is 4.98 Å². The molecule has 1 atom stereocenters. The highest BCUT2D eigenvalue weighted by atomic mass is 79.9. The highest BCUT2D eigenvalue weighted by Crippen LogP contribution is 2.27. The second-order valence-corrected chi connectivity index (χ2v) is 5.32. The smallest absolute Gasteiger partial charge is 0.0592 e. The van der Waals surface area contributed by atoms with Crippen LogP contribution >= 0.6 is 15.9 Å². The van der Waals surface area contributed by atoms with E-state index in [2.05, 4.69) is 58.3 Å². The number of hydrogen-bond donors (Lipinski definition) is 1. The van der Waals surface area contributed by atoms with Gasteiger partial charge in [0.2, 0.25) is 0 Å². The number of nitrogens with one attached hydrogen (secondary N) is 1. The van der Waals surface area contributed by atoms with Crippen molar-refractivity contribution in [2.75, 3.05) is 7.05 Å². The van der Waals surface area contributed by atoms with Gasteiger partial charge in [-0.1, -0.05) is 28.1 Å². The summed E-state index contributed by atoms with van der Waals surface area (Å²) in [6.07, 6.45) is 3.76. The molecule has 0 bridgehead atoms. The summed E-state index contributed by atoms with van der Waals surface area (Å²) in [7, 11) is 1.98. The fraction of sp³-hybridized carbons (Fsp3) is 0.267. The molecular weight excluding hydrogens is 288 g/mol. The van der Waals surface area contributed by atoms with E-state index in [1.54, 1.807) is 0 Å². The van der Waals surface area contributed by atoms with Crippen LogP contribution in [0, 0.1) is 13.8 Å². The van der Waals surface area contributed by atoms with Crippen LogP contribution in [0.4, 0.5) is 0 Å². The Bertz CT molecular complexity index is 552. The van der Waals surface area contributed by atoms with Gasteiger partial charge in [-0.25, -0.2) is 0 Å². The van der Waals surface area contributed by atoms with Crippen molar-refractivity contribution in [2.24, 2.45) is 0 Å². The van der Waals surface area contributed by atoms with Gasteiger partial charge in [0, 0.05) is 16.9 Å². The standard InChI is InChI=1S/C15H17BrN2/c1-10-6-7-18-9-13(10)15(17-3)12-5-4-11(2)14(16)8-12/h4-9,15,17H,1-3H3. The van der Waals surface area contributed by atoms with Gasteiger partial charge in [-0.15, -0.1) is 0 Å². The normalized spacial score (nSPS) is 12.4. The third kappa shape index (κ3) is 2.62. The number of pyridine rings is 1. The molecule has 0 fully saturated rings. The Labute approximate surface area is 117 Å². The lowest BCUT2D eigenvalue weighted by Crippen LogP contribution is -2.19. The topological polar surface area (TPSA) is 24.9 Å². The predicted octanol–water partition coefficient (Wildman–Crippen LogP) is 3.77. The Morgan fingerprint density at radius 2 is 1.94 bits per heavy atom. The lowest BCUT2D eigenvalue weighted by molar-refractivity contribution is 0.683. The van der Waals surface area contributed by atoms with Crippen molar-refractivity contribution in [1.82, 2.24) is 10.3 Å². The molecule has 0 radical (unpaired) electrons. The maximum Gasteiger partial charge on any atom is 0.0592 e. The third-order valence-corrected chi connectivity index (χ3v) is 4.06. The van der Waals surface area contributed by atoms with Gasteiger partial charge in [-0.05, 0) is 55.3 Å². The van der Waals surface area contributed by atoms with Crippen molar-refractivity contribution in [3.8, 4) is 0 Å². The van der Waals surface area contributed by atoms with Gasteiger partial charge in [-0.2, -0.15) is 0 Å². The summed E-state index contributed by atoms with van der Waals surface area (Å²) in [6.45, 7) is 4.21. The van der Waals surface area contributed by atoms with Crippen molar-refractivity contribution >= 4 is 15.9 Å². The number of aromatic nitrogens is 1. The van der Waals surface area contributed by atoms with Crippen molar-refractivity contribution < 1.29 is 0 Å². The molecule has 0 aliphatic heterocycles. The van der Waals surface area contributed by atoms with Crippen LogP contribution in [-0.4, -0.2) is 12.0 Å². The fourth-order valence-electron chi connectivity index (χ4n) is 2.07. The second-order valence-electron chi connectivity index (χ2n) is 4.46. The molecule has 0 saturated carbocycles. The van der Waals surface area contributed by atoms with Crippen LogP contribution in [0.25, 0.3) is 0 Å². The summed E-state index contributed by atoms with van der Waals surface area (Å²) in [5.41, 5.74) is 4.96. The fourth-order valence-corrected chi connectivity index (χ4v) is 2.47. The van der Waals surface area contributed by atoms with Crippen LogP contribution in [0.2, 0.25) is 0 Å². The van der Waals surface area contributed by atoms with Crippen LogP contribution in [0.15, 0.2) is 41.1 Å². The summed E-state index contributed by atoms with van der Waals surface area (Å²) in [6, 6.07) is 8.69. The Hall–Kier alpha value is -1.19. The highest BCUT2D eigenvalue weighted by molar-refractivity contribution is 9.10. The lowest BCUT2D eigenvalue weighted by Gasteiger charge is -2.19. The van der Waals surface area contributed by atoms with E-state index in [-0.39, 0.29) is 6.04 Å². The van der Waals surface area contributed by atoms with E-state index in [0.29, 0.717) is 0 Å². The molecule has 18 heavy (non-hydrogen) atoms. The average molecular weight is 305 g/mol. The number of nitrogens with zero attached hydrogens (tertiary/aromatic N) is 1. The van der Waals surface area contributed by atoms with Crippen LogP contribution in [0.3, 0.4) is 0 Å². The van der Waals surface area contributed by atoms with Gasteiger partial charge in [0.05, 0.1) is 6.04 Å². The van der Waals surface area contributed by atoms with E-state index < -0.39 is 0 Å². The molecule has 1 heterocycles. The molecule has 0 spiro atoms. The molecule has 0 saturated heterocycles. The first kappa shape index (κ1) is 13.2. The molecule has 0 amide bonds. The SMILES string of the molecule is CNC(c1ccc(C)c(Br)c1)c1cnccc1C. The van der Waals surface area contributed by atoms with Crippen molar-refractivity contribution in [3.05, 3.63) is 63.4 Å². The molecule has 1 aromatic carbocycles. The van der Waals surface area contributed by atoms with E-state index in [4.69, 9.17) is 0 Å².